The number of nitrogens with zero attached hydrogens (tertiary/aromatic N) is 1. The van der Waals surface area contributed by atoms with Crippen LogP contribution in [0, 0.1) is 0 Å². The Morgan fingerprint density at radius 1 is 1.13 bits per heavy atom. The van der Waals surface area contributed by atoms with Crippen molar-refractivity contribution in [3.63, 3.8) is 0 Å². The maximum absolute atomic E-state index is 12.4. The van der Waals surface area contributed by atoms with Crippen molar-refractivity contribution >= 4 is 5.91 Å². The van der Waals surface area contributed by atoms with Crippen molar-refractivity contribution in [3.05, 3.63) is 35.9 Å². The van der Waals surface area contributed by atoms with Crippen molar-refractivity contribution in [2.45, 2.75) is 64.1 Å². The van der Waals surface area contributed by atoms with Gasteiger partial charge in [0.2, 0.25) is 5.91 Å². The summed E-state index contributed by atoms with van der Waals surface area (Å²) in [6, 6.07) is 9.46. The molecule has 2 rings (SSSR count). The molecule has 23 heavy (non-hydrogen) atoms. The zero-order chi connectivity index (χ0) is 16.7. The summed E-state index contributed by atoms with van der Waals surface area (Å²) in [6.07, 6.45) is 4.89. The lowest BCUT2D eigenvalue weighted by molar-refractivity contribution is -0.126. The molecule has 1 heterocycles. The van der Waals surface area contributed by atoms with Gasteiger partial charge in [-0.1, -0.05) is 43.2 Å². The number of carbonyl (C=O) groups is 1. The lowest BCUT2D eigenvalue weighted by Crippen LogP contribution is -2.48. The maximum Gasteiger partial charge on any atom is 0.237 e. The zero-order valence-corrected chi connectivity index (χ0v) is 14.4. The lowest BCUT2D eigenvalue weighted by atomic mass is 10.0. The van der Waals surface area contributed by atoms with Gasteiger partial charge in [-0.3, -0.25) is 9.69 Å². The molecule has 3 atom stereocenters. The van der Waals surface area contributed by atoms with E-state index in [1.807, 2.05) is 44.2 Å². The zero-order valence-electron chi connectivity index (χ0n) is 14.4. The van der Waals surface area contributed by atoms with E-state index >= 15 is 0 Å². The molecule has 4 nitrogen and oxygen atoms in total. The largest absolute Gasteiger partial charge is 0.388 e. The first-order chi connectivity index (χ1) is 11.1. The predicted octanol–water partition coefficient (Wildman–Crippen LogP) is 2.88. The molecular formula is C19H30N2O2. The smallest absolute Gasteiger partial charge is 0.237 e. The molecule has 0 bridgehead atoms. The molecule has 1 fully saturated rings. The standard InChI is InChI=1S/C19H30N2O2/c1-15(14-18(22)17-10-6-5-7-11-17)20-19(23)16(2)21-12-8-3-4-9-13-21/h5-7,10-11,15-16,18,22H,3-4,8-9,12-14H2,1-2H3,(H,20,23). The molecular weight excluding hydrogens is 288 g/mol. The number of rotatable bonds is 6. The first-order valence-corrected chi connectivity index (χ1v) is 8.85. The van der Waals surface area contributed by atoms with Crippen LogP contribution in [0.5, 0.6) is 0 Å². The summed E-state index contributed by atoms with van der Waals surface area (Å²) in [5.41, 5.74) is 0.897. The SMILES string of the molecule is CC(CC(O)c1ccccc1)NC(=O)C(C)N1CCCCCC1. The molecule has 4 heteroatoms. The summed E-state index contributed by atoms with van der Waals surface area (Å²) in [5.74, 6) is 0.0691. The minimum atomic E-state index is -0.542. The fourth-order valence-corrected chi connectivity index (χ4v) is 3.22. The quantitative estimate of drug-likeness (QED) is 0.848. The Kier molecular flexibility index (Phi) is 7.06. The fraction of sp³-hybridized carbons (Fsp3) is 0.632. The van der Waals surface area contributed by atoms with E-state index < -0.39 is 6.10 Å². The second-order valence-corrected chi connectivity index (χ2v) is 6.70. The molecule has 1 aromatic carbocycles. The molecule has 1 aliphatic rings. The molecule has 3 unspecified atom stereocenters. The van der Waals surface area contributed by atoms with E-state index in [0.717, 1.165) is 18.7 Å². The van der Waals surface area contributed by atoms with Gasteiger partial charge in [-0.2, -0.15) is 0 Å². The molecule has 1 aromatic rings. The normalized spacial score (nSPS) is 20.3. The Morgan fingerprint density at radius 2 is 1.74 bits per heavy atom. The summed E-state index contributed by atoms with van der Waals surface area (Å²) in [7, 11) is 0. The number of carbonyl (C=O) groups excluding carboxylic acids is 1. The van der Waals surface area contributed by atoms with Crippen LogP contribution < -0.4 is 5.32 Å². The highest BCUT2D eigenvalue weighted by molar-refractivity contribution is 5.81. The van der Waals surface area contributed by atoms with Crippen LogP contribution in [0.15, 0.2) is 30.3 Å². The van der Waals surface area contributed by atoms with E-state index in [2.05, 4.69) is 10.2 Å². The van der Waals surface area contributed by atoms with Crippen LogP contribution in [-0.4, -0.2) is 41.1 Å². The third kappa shape index (κ3) is 5.63. The number of hydrogen-bond acceptors (Lipinski definition) is 3. The van der Waals surface area contributed by atoms with Gasteiger partial charge in [0.15, 0.2) is 0 Å². The second-order valence-electron chi connectivity index (χ2n) is 6.70. The Balaban J connectivity index is 1.81. The molecule has 2 N–H and O–H groups in total. The molecule has 1 amide bonds. The van der Waals surface area contributed by atoms with Crippen molar-refractivity contribution in [1.82, 2.24) is 10.2 Å². The molecule has 0 saturated carbocycles. The van der Waals surface area contributed by atoms with Crippen LogP contribution in [0.2, 0.25) is 0 Å². The second kappa shape index (κ2) is 9.04. The van der Waals surface area contributed by atoms with Gasteiger partial charge in [0.1, 0.15) is 0 Å². The van der Waals surface area contributed by atoms with Gasteiger partial charge in [-0.05, 0) is 51.8 Å². The van der Waals surface area contributed by atoms with Crippen LogP contribution in [0.25, 0.3) is 0 Å². The van der Waals surface area contributed by atoms with E-state index in [1.54, 1.807) is 0 Å². The van der Waals surface area contributed by atoms with E-state index in [4.69, 9.17) is 0 Å². The number of aliphatic hydroxyl groups is 1. The monoisotopic (exact) mass is 318 g/mol. The van der Waals surface area contributed by atoms with Crippen LogP contribution >= 0.6 is 0 Å². The van der Waals surface area contributed by atoms with Crippen molar-refractivity contribution < 1.29 is 9.90 Å². The first kappa shape index (κ1) is 18.0. The van der Waals surface area contributed by atoms with E-state index in [9.17, 15) is 9.90 Å². The van der Waals surface area contributed by atoms with Gasteiger partial charge in [-0.25, -0.2) is 0 Å². The summed E-state index contributed by atoms with van der Waals surface area (Å²) in [4.78, 5) is 14.7. The summed E-state index contributed by atoms with van der Waals surface area (Å²) in [6.45, 7) is 5.96. The third-order valence-electron chi connectivity index (χ3n) is 4.72. The highest BCUT2D eigenvalue weighted by Crippen LogP contribution is 2.18. The number of likely N-dealkylation sites (tertiary alicyclic amines) is 1. The van der Waals surface area contributed by atoms with Gasteiger partial charge in [0, 0.05) is 6.04 Å². The molecule has 1 saturated heterocycles. The number of benzene rings is 1. The molecule has 0 spiro atoms. The summed E-state index contributed by atoms with van der Waals surface area (Å²) in [5, 5.41) is 13.3. The Morgan fingerprint density at radius 3 is 2.35 bits per heavy atom. The Hall–Kier alpha value is -1.39. The van der Waals surface area contributed by atoms with E-state index in [0.29, 0.717) is 6.42 Å². The topological polar surface area (TPSA) is 52.6 Å². The molecule has 0 aromatic heterocycles. The molecule has 1 aliphatic heterocycles. The number of aliphatic hydroxyl groups excluding tert-OH is 1. The van der Waals surface area contributed by atoms with E-state index in [-0.39, 0.29) is 18.0 Å². The van der Waals surface area contributed by atoms with Crippen LogP contribution in [0.1, 0.15) is 57.6 Å². The average Bonchev–Trinajstić information content (AvgIpc) is 2.84. The average molecular weight is 318 g/mol. The molecule has 0 radical (unpaired) electrons. The molecule has 128 valence electrons. The number of nitrogens with one attached hydrogen (secondary N) is 1. The van der Waals surface area contributed by atoms with Crippen LogP contribution in [-0.2, 0) is 4.79 Å². The minimum absolute atomic E-state index is 0.0489. The predicted molar refractivity (Wildman–Crippen MR) is 93.1 cm³/mol. The third-order valence-corrected chi connectivity index (χ3v) is 4.72. The Labute approximate surface area is 139 Å². The number of hydrogen-bond donors (Lipinski definition) is 2. The summed E-state index contributed by atoms with van der Waals surface area (Å²) < 4.78 is 0. The fourth-order valence-electron chi connectivity index (χ4n) is 3.22. The van der Waals surface area contributed by atoms with Gasteiger partial charge in [0.25, 0.3) is 0 Å². The number of amides is 1. The molecule has 0 aliphatic carbocycles. The van der Waals surface area contributed by atoms with Crippen molar-refractivity contribution in [1.29, 1.82) is 0 Å². The minimum Gasteiger partial charge on any atom is -0.388 e. The van der Waals surface area contributed by atoms with Gasteiger partial charge < -0.3 is 10.4 Å². The Bertz CT molecular complexity index is 470. The van der Waals surface area contributed by atoms with E-state index in [1.165, 1.54) is 25.7 Å². The van der Waals surface area contributed by atoms with Crippen molar-refractivity contribution in [2.75, 3.05) is 13.1 Å². The first-order valence-electron chi connectivity index (χ1n) is 8.85. The summed E-state index contributed by atoms with van der Waals surface area (Å²) >= 11 is 0. The van der Waals surface area contributed by atoms with Crippen LogP contribution in [0.4, 0.5) is 0 Å². The van der Waals surface area contributed by atoms with Crippen molar-refractivity contribution in [2.24, 2.45) is 0 Å². The lowest BCUT2D eigenvalue weighted by Gasteiger charge is -2.28. The van der Waals surface area contributed by atoms with Gasteiger partial charge in [-0.15, -0.1) is 0 Å². The van der Waals surface area contributed by atoms with Gasteiger partial charge >= 0.3 is 0 Å². The van der Waals surface area contributed by atoms with Gasteiger partial charge in [0.05, 0.1) is 12.1 Å². The van der Waals surface area contributed by atoms with Crippen LogP contribution in [0.3, 0.4) is 0 Å². The highest BCUT2D eigenvalue weighted by Gasteiger charge is 2.23. The van der Waals surface area contributed by atoms with Crippen molar-refractivity contribution in [3.8, 4) is 0 Å². The highest BCUT2D eigenvalue weighted by atomic mass is 16.3. The maximum atomic E-state index is 12.4.